The first-order chi connectivity index (χ1) is 10.6. The Kier molecular flexibility index (Phi) is 3.01. The minimum Gasteiger partial charge on any atom is -0.477 e. The molecule has 1 aromatic carbocycles. The Morgan fingerprint density at radius 1 is 1.23 bits per heavy atom. The fraction of sp³-hybridized carbons (Fsp3) is 0.412. The van der Waals surface area contributed by atoms with Crippen molar-refractivity contribution in [3.8, 4) is 0 Å². The van der Waals surface area contributed by atoms with Gasteiger partial charge in [-0.3, -0.25) is 0 Å². The normalized spacial score (nSPS) is 25.8. The number of aryl methyl sites for hydroxylation is 1. The maximum absolute atomic E-state index is 5.89. The lowest BCUT2D eigenvalue weighted by Crippen LogP contribution is -2.17. The third kappa shape index (κ3) is 2.29. The van der Waals surface area contributed by atoms with Gasteiger partial charge in [0.05, 0.1) is 5.54 Å². The Labute approximate surface area is 134 Å². The van der Waals surface area contributed by atoms with Crippen molar-refractivity contribution in [1.29, 1.82) is 0 Å². The number of benzene rings is 1. The van der Waals surface area contributed by atoms with Gasteiger partial charge in [0.1, 0.15) is 23.7 Å². The van der Waals surface area contributed by atoms with Crippen LogP contribution >= 0.6 is 11.3 Å². The molecule has 0 spiro atoms. The van der Waals surface area contributed by atoms with Gasteiger partial charge in [0.15, 0.2) is 0 Å². The first-order valence-electron chi connectivity index (χ1n) is 7.53. The summed E-state index contributed by atoms with van der Waals surface area (Å²) in [5, 5.41) is 3.25. The standard InChI is InChI=1S/C17H19N3OS/c1-11-9-22-16(18-11)14-13(15-19-17(2,3)10-21-15)20(14)12-7-5-4-6-8-12/h4-9,13-14H,10H2,1-3H3/t13-,14+,20?/m1/s1. The molecule has 0 amide bonds. The van der Waals surface area contributed by atoms with E-state index in [4.69, 9.17) is 9.73 Å². The third-order valence-electron chi connectivity index (χ3n) is 3.99. The van der Waals surface area contributed by atoms with Crippen molar-refractivity contribution in [2.24, 2.45) is 4.99 Å². The molecule has 5 heteroatoms. The van der Waals surface area contributed by atoms with E-state index >= 15 is 0 Å². The molecule has 22 heavy (non-hydrogen) atoms. The van der Waals surface area contributed by atoms with E-state index in [-0.39, 0.29) is 17.6 Å². The average Bonchev–Trinajstić information content (AvgIpc) is 2.92. The molecule has 1 fully saturated rings. The van der Waals surface area contributed by atoms with Crippen LogP contribution < -0.4 is 4.90 Å². The first kappa shape index (κ1) is 13.8. The van der Waals surface area contributed by atoms with Crippen molar-refractivity contribution >= 4 is 22.9 Å². The maximum Gasteiger partial charge on any atom is 0.210 e. The lowest BCUT2D eigenvalue weighted by molar-refractivity contribution is 0.275. The highest BCUT2D eigenvalue weighted by Gasteiger charge is 2.56. The van der Waals surface area contributed by atoms with E-state index in [0.29, 0.717) is 6.61 Å². The SMILES string of the molecule is Cc1csc([C@@H]2[C@H](C3=NC(C)(C)CO3)N2c2ccccc2)n1. The summed E-state index contributed by atoms with van der Waals surface area (Å²) in [4.78, 5) is 11.8. The molecule has 1 aromatic heterocycles. The minimum atomic E-state index is -0.121. The van der Waals surface area contributed by atoms with Crippen molar-refractivity contribution in [3.63, 3.8) is 0 Å². The second-order valence-electron chi connectivity index (χ2n) is 6.51. The van der Waals surface area contributed by atoms with Crippen LogP contribution in [0.15, 0.2) is 40.7 Å². The van der Waals surface area contributed by atoms with Crippen LogP contribution in [0.4, 0.5) is 5.69 Å². The van der Waals surface area contributed by atoms with E-state index in [1.54, 1.807) is 11.3 Å². The van der Waals surface area contributed by atoms with Crippen molar-refractivity contribution in [1.82, 2.24) is 4.98 Å². The predicted molar refractivity (Wildman–Crippen MR) is 89.8 cm³/mol. The Hall–Kier alpha value is -1.88. The molecule has 3 heterocycles. The predicted octanol–water partition coefficient (Wildman–Crippen LogP) is 3.59. The van der Waals surface area contributed by atoms with Gasteiger partial charge < -0.3 is 9.64 Å². The van der Waals surface area contributed by atoms with Crippen molar-refractivity contribution in [3.05, 3.63) is 46.4 Å². The van der Waals surface area contributed by atoms with Crippen LogP contribution in [-0.2, 0) is 4.74 Å². The lowest BCUT2D eigenvalue weighted by atomic mass is 10.1. The summed E-state index contributed by atoms with van der Waals surface area (Å²) >= 11 is 1.72. The van der Waals surface area contributed by atoms with Gasteiger partial charge in [-0.25, -0.2) is 9.98 Å². The van der Waals surface area contributed by atoms with Crippen LogP contribution in [0.2, 0.25) is 0 Å². The van der Waals surface area contributed by atoms with Gasteiger partial charge in [-0.1, -0.05) is 18.2 Å². The molecule has 0 aliphatic carbocycles. The van der Waals surface area contributed by atoms with Gasteiger partial charge in [-0.05, 0) is 32.9 Å². The number of para-hydroxylation sites is 1. The molecule has 4 nitrogen and oxygen atoms in total. The zero-order valence-corrected chi connectivity index (χ0v) is 13.8. The van der Waals surface area contributed by atoms with E-state index in [2.05, 4.69) is 53.4 Å². The molecular weight excluding hydrogens is 294 g/mol. The smallest absolute Gasteiger partial charge is 0.210 e. The van der Waals surface area contributed by atoms with Crippen molar-refractivity contribution in [2.45, 2.75) is 38.4 Å². The number of hydrogen-bond acceptors (Lipinski definition) is 5. The zero-order chi connectivity index (χ0) is 15.3. The molecule has 0 radical (unpaired) electrons. The third-order valence-corrected chi connectivity index (χ3v) is 5.03. The topological polar surface area (TPSA) is 37.5 Å². The molecule has 0 unspecified atom stereocenters. The second kappa shape index (κ2) is 4.81. The second-order valence-corrected chi connectivity index (χ2v) is 7.40. The summed E-state index contributed by atoms with van der Waals surface area (Å²) < 4.78 is 5.89. The van der Waals surface area contributed by atoms with E-state index < -0.39 is 0 Å². The Morgan fingerprint density at radius 3 is 2.59 bits per heavy atom. The molecule has 2 atom stereocenters. The van der Waals surface area contributed by atoms with Crippen LogP contribution in [0.1, 0.15) is 30.6 Å². The molecule has 1 saturated heterocycles. The van der Waals surface area contributed by atoms with Crippen molar-refractivity contribution in [2.75, 3.05) is 11.5 Å². The quantitative estimate of drug-likeness (QED) is 0.813. The Morgan fingerprint density at radius 2 is 2.00 bits per heavy atom. The summed E-state index contributed by atoms with van der Waals surface area (Å²) in [7, 11) is 0. The molecule has 0 bridgehead atoms. The highest BCUT2D eigenvalue weighted by molar-refractivity contribution is 7.09. The van der Waals surface area contributed by atoms with Gasteiger partial charge in [0.25, 0.3) is 0 Å². The van der Waals surface area contributed by atoms with Crippen LogP contribution in [0, 0.1) is 6.92 Å². The van der Waals surface area contributed by atoms with E-state index in [0.717, 1.165) is 16.6 Å². The molecule has 0 saturated carbocycles. The molecule has 2 aliphatic heterocycles. The van der Waals surface area contributed by atoms with Gasteiger partial charge in [-0.15, -0.1) is 11.3 Å². The molecule has 2 aliphatic rings. The maximum atomic E-state index is 5.89. The number of rotatable bonds is 3. The fourth-order valence-electron chi connectivity index (χ4n) is 2.93. The number of thiazole rings is 1. The highest BCUT2D eigenvalue weighted by atomic mass is 32.1. The van der Waals surface area contributed by atoms with E-state index in [9.17, 15) is 0 Å². The van der Waals surface area contributed by atoms with Crippen LogP contribution in [0.3, 0.4) is 0 Å². The van der Waals surface area contributed by atoms with E-state index in [1.807, 2.05) is 13.0 Å². The summed E-state index contributed by atoms with van der Waals surface area (Å²) in [6, 6.07) is 10.9. The van der Waals surface area contributed by atoms with Crippen LogP contribution in [-0.4, -0.2) is 29.1 Å². The van der Waals surface area contributed by atoms with Crippen LogP contribution in [0.25, 0.3) is 0 Å². The van der Waals surface area contributed by atoms with E-state index in [1.165, 1.54) is 5.69 Å². The number of hydrogen-bond donors (Lipinski definition) is 0. The fourth-order valence-corrected chi connectivity index (χ4v) is 3.86. The number of aromatic nitrogens is 1. The number of aliphatic imine (C=N–C) groups is 1. The monoisotopic (exact) mass is 313 g/mol. The number of ether oxygens (including phenoxy) is 1. The summed E-state index contributed by atoms with van der Waals surface area (Å²) in [6.45, 7) is 6.91. The minimum absolute atomic E-state index is 0.121. The highest BCUT2D eigenvalue weighted by Crippen LogP contribution is 2.49. The Bertz CT molecular complexity index is 723. The molecule has 2 aromatic rings. The Balaban J connectivity index is 1.69. The van der Waals surface area contributed by atoms with Gasteiger partial charge >= 0.3 is 0 Å². The molecular formula is C17H19N3OS. The van der Waals surface area contributed by atoms with Gasteiger partial charge in [0, 0.05) is 16.8 Å². The summed E-state index contributed by atoms with van der Waals surface area (Å²) in [5.41, 5.74) is 2.15. The van der Waals surface area contributed by atoms with Gasteiger partial charge in [-0.2, -0.15) is 0 Å². The summed E-state index contributed by atoms with van der Waals surface area (Å²) in [6.07, 6.45) is 0. The summed E-state index contributed by atoms with van der Waals surface area (Å²) in [5.74, 6) is 0.853. The molecule has 4 rings (SSSR count). The molecule has 114 valence electrons. The lowest BCUT2D eigenvalue weighted by Gasteiger charge is -2.07. The zero-order valence-electron chi connectivity index (χ0n) is 13.0. The molecule has 0 N–H and O–H groups in total. The average molecular weight is 313 g/mol. The van der Waals surface area contributed by atoms with Crippen LogP contribution in [0.5, 0.6) is 0 Å². The largest absolute Gasteiger partial charge is 0.477 e. The van der Waals surface area contributed by atoms with Crippen molar-refractivity contribution < 1.29 is 4.74 Å². The number of nitrogens with zero attached hydrogens (tertiary/aromatic N) is 3. The van der Waals surface area contributed by atoms with Gasteiger partial charge in [0.2, 0.25) is 5.90 Å². The first-order valence-corrected chi connectivity index (χ1v) is 8.41. The number of anilines is 1.